The van der Waals surface area contributed by atoms with Crippen LogP contribution in [-0.4, -0.2) is 22.3 Å². The van der Waals surface area contributed by atoms with Crippen LogP contribution in [0.25, 0.3) is 10.9 Å². The Morgan fingerprint density at radius 3 is 2.94 bits per heavy atom. The second kappa shape index (κ2) is 6.22. The number of fused-ring (bicyclic) bond motifs is 1. The van der Waals surface area contributed by atoms with Crippen molar-refractivity contribution in [2.75, 3.05) is 17.6 Å². The Hall–Kier alpha value is -1.80. The van der Waals surface area contributed by atoms with Crippen LogP contribution in [0.15, 0.2) is 29.4 Å². The smallest absolute Gasteiger partial charge is 0.190 e. The lowest BCUT2D eigenvalue weighted by Crippen LogP contribution is -2.02. The average molecular weight is 258 g/mol. The number of nitrogens with zero attached hydrogens (tertiary/aromatic N) is 3. The first kappa shape index (κ1) is 12.7. The summed E-state index contributed by atoms with van der Waals surface area (Å²) in [6, 6.07) is 10.1. The van der Waals surface area contributed by atoms with Crippen molar-refractivity contribution in [1.82, 2.24) is 9.97 Å². The fraction of sp³-hybridized carbons (Fsp3) is 0.308. The average Bonchev–Trinajstić information content (AvgIpc) is 2.39. The van der Waals surface area contributed by atoms with Gasteiger partial charge in [-0.2, -0.15) is 5.26 Å². The van der Waals surface area contributed by atoms with Crippen molar-refractivity contribution in [1.29, 1.82) is 5.26 Å². The van der Waals surface area contributed by atoms with Gasteiger partial charge in [0.15, 0.2) is 5.16 Å². The van der Waals surface area contributed by atoms with E-state index in [1.165, 1.54) is 11.8 Å². The van der Waals surface area contributed by atoms with E-state index >= 15 is 0 Å². The van der Waals surface area contributed by atoms with Crippen LogP contribution in [0.2, 0.25) is 0 Å². The molecular weight excluding hydrogens is 244 g/mol. The van der Waals surface area contributed by atoms with Crippen LogP contribution in [0.1, 0.15) is 13.3 Å². The summed E-state index contributed by atoms with van der Waals surface area (Å²) in [6.07, 6.45) is 0.511. The van der Waals surface area contributed by atoms with E-state index in [-0.39, 0.29) is 0 Å². The Balaban J connectivity index is 2.34. The standard InChI is InChI=1S/C13H14N4S/c1-2-15-12-10-6-3-4-7-11(10)16-13(17-12)18-9-5-8-14/h3-4,6-7H,2,5,9H2,1H3,(H,15,16,17). The van der Waals surface area contributed by atoms with E-state index in [0.717, 1.165) is 34.2 Å². The molecule has 0 saturated carbocycles. The third kappa shape index (κ3) is 2.90. The third-order valence-corrected chi connectivity index (χ3v) is 3.22. The Morgan fingerprint density at radius 1 is 1.33 bits per heavy atom. The molecule has 2 rings (SSSR count). The monoisotopic (exact) mass is 258 g/mol. The quantitative estimate of drug-likeness (QED) is 0.507. The number of anilines is 1. The highest BCUT2D eigenvalue weighted by molar-refractivity contribution is 7.99. The highest BCUT2D eigenvalue weighted by Crippen LogP contribution is 2.24. The zero-order valence-corrected chi connectivity index (χ0v) is 11.0. The van der Waals surface area contributed by atoms with Crippen LogP contribution >= 0.6 is 11.8 Å². The molecule has 0 radical (unpaired) electrons. The van der Waals surface area contributed by atoms with Crippen molar-refractivity contribution < 1.29 is 0 Å². The molecule has 0 saturated heterocycles. The van der Waals surface area contributed by atoms with Gasteiger partial charge in [0, 0.05) is 24.1 Å². The number of hydrogen-bond donors (Lipinski definition) is 1. The molecule has 4 nitrogen and oxygen atoms in total. The molecule has 1 aromatic carbocycles. The zero-order valence-electron chi connectivity index (χ0n) is 10.2. The zero-order chi connectivity index (χ0) is 12.8. The van der Waals surface area contributed by atoms with E-state index in [0.29, 0.717) is 6.42 Å². The van der Waals surface area contributed by atoms with Gasteiger partial charge in [0.2, 0.25) is 0 Å². The van der Waals surface area contributed by atoms with E-state index in [1.807, 2.05) is 31.2 Å². The minimum absolute atomic E-state index is 0.511. The van der Waals surface area contributed by atoms with Gasteiger partial charge in [-0.15, -0.1) is 0 Å². The Labute approximate surface area is 110 Å². The minimum Gasteiger partial charge on any atom is -0.370 e. The first-order valence-corrected chi connectivity index (χ1v) is 6.84. The SMILES string of the molecule is CCNc1nc(SCCC#N)nc2ccccc12. The highest BCUT2D eigenvalue weighted by atomic mass is 32.2. The van der Waals surface area contributed by atoms with Gasteiger partial charge in [-0.1, -0.05) is 23.9 Å². The number of nitriles is 1. The molecule has 2 aromatic rings. The maximum atomic E-state index is 8.54. The van der Waals surface area contributed by atoms with Crippen LogP contribution < -0.4 is 5.32 Å². The van der Waals surface area contributed by atoms with Gasteiger partial charge in [-0.3, -0.25) is 0 Å². The number of nitrogens with one attached hydrogen (secondary N) is 1. The van der Waals surface area contributed by atoms with Gasteiger partial charge in [-0.05, 0) is 19.1 Å². The molecule has 0 fully saturated rings. The number of benzene rings is 1. The van der Waals surface area contributed by atoms with E-state index in [4.69, 9.17) is 5.26 Å². The second-order valence-corrected chi connectivity index (χ2v) is 4.72. The Bertz CT molecular complexity index is 577. The maximum Gasteiger partial charge on any atom is 0.190 e. The van der Waals surface area contributed by atoms with Gasteiger partial charge in [0.25, 0.3) is 0 Å². The summed E-state index contributed by atoms with van der Waals surface area (Å²) in [5, 5.41) is 13.5. The minimum atomic E-state index is 0.511. The Kier molecular flexibility index (Phi) is 4.37. The summed E-state index contributed by atoms with van der Waals surface area (Å²) in [6.45, 7) is 2.86. The summed E-state index contributed by atoms with van der Waals surface area (Å²) in [5.74, 6) is 1.59. The molecule has 1 aromatic heterocycles. The van der Waals surface area contributed by atoms with Crippen molar-refractivity contribution in [3.8, 4) is 6.07 Å². The molecule has 1 N–H and O–H groups in total. The lowest BCUT2D eigenvalue weighted by atomic mass is 10.2. The Morgan fingerprint density at radius 2 is 2.17 bits per heavy atom. The molecule has 18 heavy (non-hydrogen) atoms. The maximum absolute atomic E-state index is 8.54. The van der Waals surface area contributed by atoms with E-state index in [9.17, 15) is 0 Å². The van der Waals surface area contributed by atoms with Crippen molar-refractivity contribution in [3.05, 3.63) is 24.3 Å². The summed E-state index contributed by atoms with van der Waals surface area (Å²) < 4.78 is 0. The first-order valence-electron chi connectivity index (χ1n) is 5.85. The highest BCUT2D eigenvalue weighted by Gasteiger charge is 2.06. The van der Waals surface area contributed by atoms with Crippen molar-refractivity contribution in [3.63, 3.8) is 0 Å². The molecule has 5 heteroatoms. The largest absolute Gasteiger partial charge is 0.370 e. The first-order chi connectivity index (χ1) is 8.85. The lowest BCUT2D eigenvalue weighted by Gasteiger charge is -2.08. The fourth-order valence-corrected chi connectivity index (χ4v) is 2.30. The van der Waals surface area contributed by atoms with E-state index in [1.54, 1.807) is 0 Å². The summed E-state index contributed by atoms with van der Waals surface area (Å²) in [4.78, 5) is 8.99. The molecule has 0 aliphatic rings. The fourth-order valence-electron chi connectivity index (χ4n) is 1.61. The predicted octanol–water partition coefficient (Wildman–Crippen LogP) is 3.07. The molecule has 0 aliphatic carbocycles. The second-order valence-electron chi connectivity index (χ2n) is 3.66. The van der Waals surface area contributed by atoms with Crippen LogP contribution in [-0.2, 0) is 0 Å². The van der Waals surface area contributed by atoms with Crippen LogP contribution in [0.4, 0.5) is 5.82 Å². The van der Waals surface area contributed by atoms with Gasteiger partial charge < -0.3 is 5.32 Å². The van der Waals surface area contributed by atoms with Crippen molar-refractivity contribution in [2.24, 2.45) is 0 Å². The predicted molar refractivity (Wildman–Crippen MR) is 74.7 cm³/mol. The van der Waals surface area contributed by atoms with Gasteiger partial charge in [0.05, 0.1) is 11.6 Å². The van der Waals surface area contributed by atoms with Gasteiger partial charge >= 0.3 is 0 Å². The third-order valence-electron chi connectivity index (χ3n) is 2.37. The number of para-hydroxylation sites is 1. The molecule has 0 bridgehead atoms. The van der Waals surface area contributed by atoms with Gasteiger partial charge in [-0.25, -0.2) is 9.97 Å². The van der Waals surface area contributed by atoms with Crippen LogP contribution in [0.5, 0.6) is 0 Å². The van der Waals surface area contributed by atoms with Gasteiger partial charge in [0.1, 0.15) is 5.82 Å². The van der Waals surface area contributed by atoms with Crippen molar-refractivity contribution in [2.45, 2.75) is 18.5 Å². The van der Waals surface area contributed by atoms with E-state index in [2.05, 4.69) is 21.4 Å². The molecule has 0 spiro atoms. The number of aromatic nitrogens is 2. The summed E-state index contributed by atoms with van der Waals surface area (Å²) >= 11 is 1.52. The number of rotatable bonds is 5. The number of hydrogen-bond acceptors (Lipinski definition) is 5. The number of thioether (sulfide) groups is 1. The molecule has 92 valence electrons. The topological polar surface area (TPSA) is 61.6 Å². The molecule has 0 amide bonds. The summed E-state index contributed by atoms with van der Waals surface area (Å²) in [5.41, 5.74) is 0.933. The normalized spacial score (nSPS) is 10.2. The molecule has 0 atom stereocenters. The molecule has 1 heterocycles. The lowest BCUT2D eigenvalue weighted by molar-refractivity contribution is 0.991. The molecule has 0 unspecified atom stereocenters. The molecule has 0 aliphatic heterocycles. The van der Waals surface area contributed by atoms with E-state index < -0.39 is 0 Å². The molecular formula is C13H14N4S. The summed E-state index contributed by atoms with van der Waals surface area (Å²) in [7, 11) is 0. The van der Waals surface area contributed by atoms with Crippen LogP contribution in [0, 0.1) is 11.3 Å². The van der Waals surface area contributed by atoms with Crippen molar-refractivity contribution >= 4 is 28.5 Å². The van der Waals surface area contributed by atoms with Crippen LogP contribution in [0.3, 0.4) is 0 Å².